The van der Waals surface area contributed by atoms with Gasteiger partial charge in [-0.1, -0.05) is 42.5 Å². The lowest BCUT2D eigenvalue weighted by Gasteiger charge is -2.06. The van der Waals surface area contributed by atoms with Crippen LogP contribution in [0.4, 0.5) is 0 Å². The van der Waals surface area contributed by atoms with Gasteiger partial charge < -0.3 is 4.74 Å². The van der Waals surface area contributed by atoms with Gasteiger partial charge in [0.05, 0.1) is 23.7 Å². The Morgan fingerprint density at radius 3 is 2.52 bits per heavy atom. The van der Waals surface area contributed by atoms with Gasteiger partial charge in [-0.15, -0.1) is 0 Å². The van der Waals surface area contributed by atoms with Crippen LogP contribution in [0.1, 0.15) is 0 Å². The van der Waals surface area contributed by atoms with E-state index in [9.17, 15) is 0 Å². The summed E-state index contributed by atoms with van der Waals surface area (Å²) < 4.78 is 5.33. The predicted octanol–water partition coefficient (Wildman–Crippen LogP) is 4.30. The number of hydrogen-bond acceptors (Lipinski definition) is 3. The van der Waals surface area contributed by atoms with Crippen molar-refractivity contribution in [1.29, 1.82) is 0 Å². The molecule has 0 amide bonds. The molecule has 4 nitrogen and oxygen atoms in total. The Labute approximate surface area is 133 Å². The Morgan fingerprint density at radius 2 is 1.70 bits per heavy atom. The summed E-state index contributed by atoms with van der Waals surface area (Å²) in [7, 11) is 1.67. The second-order valence-corrected chi connectivity index (χ2v) is 5.25. The number of benzene rings is 2. The largest absolute Gasteiger partial charge is 0.497 e. The van der Waals surface area contributed by atoms with Crippen molar-refractivity contribution >= 4 is 10.9 Å². The molecule has 0 aliphatic heterocycles. The Kier molecular flexibility index (Phi) is 3.27. The van der Waals surface area contributed by atoms with Crippen LogP contribution in [0.25, 0.3) is 33.4 Å². The average molecular weight is 301 g/mol. The van der Waals surface area contributed by atoms with Gasteiger partial charge in [0, 0.05) is 17.3 Å². The number of aromatic amines is 1. The minimum Gasteiger partial charge on any atom is -0.497 e. The fourth-order valence-electron chi connectivity index (χ4n) is 2.76. The lowest BCUT2D eigenvalue weighted by molar-refractivity contribution is 0.415. The van der Waals surface area contributed by atoms with Crippen LogP contribution in [0.5, 0.6) is 5.75 Å². The van der Waals surface area contributed by atoms with Gasteiger partial charge in [-0.25, -0.2) is 0 Å². The highest BCUT2D eigenvalue weighted by Crippen LogP contribution is 2.34. The molecule has 0 radical (unpaired) electrons. The molecule has 2 aromatic carbocycles. The number of ether oxygens (including phenoxy) is 1. The van der Waals surface area contributed by atoms with Crippen molar-refractivity contribution in [3.05, 3.63) is 66.9 Å². The number of methoxy groups -OCH3 is 1. The molecule has 0 spiro atoms. The number of rotatable bonds is 3. The molecular weight excluding hydrogens is 286 g/mol. The Balaban J connectivity index is 1.98. The first kappa shape index (κ1) is 13.5. The third-order valence-corrected chi connectivity index (χ3v) is 3.87. The van der Waals surface area contributed by atoms with Crippen molar-refractivity contribution in [2.24, 2.45) is 0 Å². The quantitative estimate of drug-likeness (QED) is 0.614. The summed E-state index contributed by atoms with van der Waals surface area (Å²) in [6.07, 6.45) is 1.80. The van der Waals surface area contributed by atoms with E-state index in [0.717, 1.165) is 39.2 Å². The molecule has 112 valence electrons. The number of hydrogen-bond donors (Lipinski definition) is 1. The van der Waals surface area contributed by atoms with Crippen LogP contribution in [0.2, 0.25) is 0 Å². The lowest BCUT2D eigenvalue weighted by Crippen LogP contribution is -1.88. The molecule has 23 heavy (non-hydrogen) atoms. The Bertz CT molecular complexity index is 961. The Hall–Kier alpha value is -3.14. The smallest absolute Gasteiger partial charge is 0.119 e. The summed E-state index contributed by atoms with van der Waals surface area (Å²) in [5.41, 5.74) is 4.85. The summed E-state index contributed by atoms with van der Waals surface area (Å²) >= 11 is 0. The molecule has 0 atom stereocenters. The molecule has 0 bridgehead atoms. The van der Waals surface area contributed by atoms with Gasteiger partial charge in [0.1, 0.15) is 11.4 Å². The summed E-state index contributed by atoms with van der Waals surface area (Å²) in [5.74, 6) is 0.811. The van der Waals surface area contributed by atoms with Crippen LogP contribution in [0.15, 0.2) is 66.9 Å². The molecular formula is C19H15N3O. The van der Waals surface area contributed by atoms with Crippen LogP contribution >= 0.6 is 0 Å². The van der Waals surface area contributed by atoms with E-state index in [4.69, 9.17) is 4.74 Å². The van der Waals surface area contributed by atoms with Crippen LogP contribution in [-0.4, -0.2) is 22.3 Å². The minimum atomic E-state index is 0.811. The summed E-state index contributed by atoms with van der Waals surface area (Å²) in [5, 5.41) is 8.62. The van der Waals surface area contributed by atoms with E-state index in [1.54, 1.807) is 13.3 Å². The molecule has 1 N–H and O–H groups in total. The van der Waals surface area contributed by atoms with Crippen LogP contribution in [0.3, 0.4) is 0 Å². The number of fused-ring (bicyclic) bond motifs is 1. The maximum absolute atomic E-state index is 5.33. The SMILES string of the molecule is COc1cccc(-c2nccc3[nH]nc(-c4ccccc4)c23)c1. The van der Waals surface area contributed by atoms with Gasteiger partial charge in [-0.3, -0.25) is 10.1 Å². The van der Waals surface area contributed by atoms with Crippen molar-refractivity contribution in [3.8, 4) is 28.3 Å². The number of nitrogens with one attached hydrogen (secondary N) is 1. The summed E-state index contributed by atoms with van der Waals surface area (Å²) in [6.45, 7) is 0. The molecule has 4 rings (SSSR count). The number of H-pyrrole nitrogens is 1. The zero-order chi connectivity index (χ0) is 15.6. The highest BCUT2D eigenvalue weighted by molar-refractivity contribution is 6.02. The highest BCUT2D eigenvalue weighted by Gasteiger charge is 2.14. The van der Waals surface area contributed by atoms with Gasteiger partial charge >= 0.3 is 0 Å². The standard InChI is InChI=1S/C19H15N3O/c1-23-15-9-5-8-14(12-15)18-17-16(10-11-20-18)21-22-19(17)13-6-3-2-4-7-13/h2-12H,1H3,(H,21,22). The first-order chi connectivity index (χ1) is 11.4. The fourth-order valence-corrected chi connectivity index (χ4v) is 2.76. The van der Waals surface area contributed by atoms with Gasteiger partial charge in [0.2, 0.25) is 0 Å². The Morgan fingerprint density at radius 1 is 0.870 bits per heavy atom. The zero-order valence-corrected chi connectivity index (χ0v) is 12.7. The van der Waals surface area contributed by atoms with E-state index >= 15 is 0 Å². The minimum absolute atomic E-state index is 0.811. The van der Waals surface area contributed by atoms with E-state index in [1.165, 1.54) is 0 Å². The molecule has 0 saturated carbocycles. The normalized spacial score (nSPS) is 10.8. The van der Waals surface area contributed by atoms with Crippen molar-refractivity contribution in [2.75, 3.05) is 7.11 Å². The van der Waals surface area contributed by atoms with Gasteiger partial charge in [-0.05, 0) is 18.2 Å². The van der Waals surface area contributed by atoms with Gasteiger partial charge in [0.25, 0.3) is 0 Å². The average Bonchev–Trinajstić information content (AvgIpc) is 3.06. The molecule has 2 aromatic heterocycles. The van der Waals surface area contributed by atoms with E-state index in [2.05, 4.69) is 27.3 Å². The van der Waals surface area contributed by atoms with Crippen molar-refractivity contribution < 1.29 is 4.74 Å². The fraction of sp³-hybridized carbons (Fsp3) is 0.0526. The van der Waals surface area contributed by atoms with Crippen LogP contribution in [0, 0.1) is 0 Å². The van der Waals surface area contributed by atoms with Crippen molar-refractivity contribution in [3.63, 3.8) is 0 Å². The van der Waals surface area contributed by atoms with E-state index in [0.29, 0.717) is 0 Å². The maximum atomic E-state index is 5.33. The number of pyridine rings is 1. The topological polar surface area (TPSA) is 50.8 Å². The monoisotopic (exact) mass is 301 g/mol. The molecule has 0 aliphatic carbocycles. The first-order valence-electron chi connectivity index (χ1n) is 7.40. The van der Waals surface area contributed by atoms with Gasteiger partial charge in [0.15, 0.2) is 0 Å². The molecule has 4 aromatic rings. The molecule has 0 saturated heterocycles. The number of aromatic nitrogens is 3. The molecule has 0 fully saturated rings. The number of nitrogens with zero attached hydrogens (tertiary/aromatic N) is 2. The maximum Gasteiger partial charge on any atom is 0.119 e. The van der Waals surface area contributed by atoms with E-state index < -0.39 is 0 Å². The third-order valence-electron chi connectivity index (χ3n) is 3.87. The zero-order valence-electron chi connectivity index (χ0n) is 12.7. The second-order valence-electron chi connectivity index (χ2n) is 5.25. The summed E-state index contributed by atoms with van der Waals surface area (Å²) in [6, 6.07) is 20.0. The molecule has 4 heteroatoms. The predicted molar refractivity (Wildman–Crippen MR) is 91.3 cm³/mol. The summed E-state index contributed by atoms with van der Waals surface area (Å²) in [4.78, 5) is 4.60. The van der Waals surface area contributed by atoms with Crippen LogP contribution in [-0.2, 0) is 0 Å². The van der Waals surface area contributed by atoms with E-state index in [1.807, 2.05) is 48.5 Å². The molecule has 0 unspecified atom stereocenters. The van der Waals surface area contributed by atoms with Crippen LogP contribution < -0.4 is 4.74 Å². The second kappa shape index (κ2) is 5.57. The van der Waals surface area contributed by atoms with Crippen molar-refractivity contribution in [1.82, 2.24) is 15.2 Å². The highest BCUT2D eigenvalue weighted by atomic mass is 16.5. The third kappa shape index (κ3) is 2.34. The first-order valence-corrected chi connectivity index (χ1v) is 7.40. The molecule has 2 heterocycles. The lowest BCUT2D eigenvalue weighted by atomic mass is 10.0. The van der Waals surface area contributed by atoms with Crippen molar-refractivity contribution in [2.45, 2.75) is 0 Å². The molecule has 0 aliphatic rings. The van der Waals surface area contributed by atoms with Gasteiger partial charge in [-0.2, -0.15) is 5.10 Å². The van der Waals surface area contributed by atoms with E-state index in [-0.39, 0.29) is 0 Å².